The number of halogens is 1. The van der Waals surface area contributed by atoms with E-state index in [4.69, 9.17) is 16.3 Å². The van der Waals surface area contributed by atoms with Crippen LogP contribution in [0.25, 0.3) is 0 Å². The highest BCUT2D eigenvalue weighted by molar-refractivity contribution is 6.20. The predicted octanol–water partition coefficient (Wildman–Crippen LogP) is 2.72. The standard InChI is InChI=1S/C15H22ClNO2/c1-15(2,12-7-5-4-6-8-12)14(18)17-10-9-13(16)11-19-3/h4-8,13H,9-11H2,1-3H3,(H,17,18). The van der Waals surface area contributed by atoms with Gasteiger partial charge in [0.15, 0.2) is 0 Å². The molecule has 106 valence electrons. The molecule has 0 aliphatic heterocycles. The summed E-state index contributed by atoms with van der Waals surface area (Å²) in [5.41, 5.74) is 0.469. The molecule has 1 atom stereocenters. The van der Waals surface area contributed by atoms with Gasteiger partial charge in [0.2, 0.25) is 5.91 Å². The van der Waals surface area contributed by atoms with Gasteiger partial charge in [0.25, 0.3) is 0 Å². The van der Waals surface area contributed by atoms with Gasteiger partial charge in [-0.05, 0) is 25.8 Å². The molecule has 1 aromatic rings. The van der Waals surface area contributed by atoms with Gasteiger partial charge in [0.05, 0.1) is 17.4 Å². The number of nitrogens with one attached hydrogen (secondary N) is 1. The van der Waals surface area contributed by atoms with E-state index in [0.29, 0.717) is 19.6 Å². The highest BCUT2D eigenvalue weighted by Gasteiger charge is 2.29. The maximum absolute atomic E-state index is 12.2. The number of rotatable bonds is 7. The first-order valence-electron chi connectivity index (χ1n) is 6.45. The SMILES string of the molecule is COCC(Cl)CCNC(=O)C(C)(C)c1ccccc1. The third-order valence-electron chi connectivity index (χ3n) is 3.15. The average Bonchev–Trinajstić information content (AvgIpc) is 2.40. The number of methoxy groups -OCH3 is 1. The van der Waals surface area contributed by atoms with Gasteiger partial charge in [-0.15, -0.1) is 11.6 Å². The van der Waals surface area contributed by atoms with Gasteiger partial charge in [-0.2, -0.15) is 0 Å². The van der Waals surface area contributed by atoms with Crippen LogP contribution in [0.1, 0.15) is 25.8 Å². The second-order valence-electron chi connectivity index (χ2n) is 5.09. The Bertz CT molecular complexity index is 392. The normalized spacial score (nSPS) is 13.1. The fourth-order valence-corrected chi connectivity index (χ4v) is 2.05. The Balaban J connectivity index is 2.49. The molecule has 4 heteroatoms. The molecule has 0 fully saturated rings. The van der Waals surface area contributed by atoms with E-state index in [1.807, 2.05) is 44.2 Å². The Morgan fingerprint density at radius 2 is 2.00 bits per heavy atom. The lowest BCUT2D eigenvalue weighted by molar-refractivity contribution is -0.125. The first kappa shape index (κ1) is 16.0. The van der Waals surface area contributed by atoms with Crippen LogP contribution in [0.15, 0.2) is 30.3 Å². The summed E-state index contributed by atoms with van der Waals surface area (Å²) in [6, 6.07) is 9.76. The van der Waals surface area contributed by atoms with Crippen LogP contribution in [-0.2, 0) is 14.9 Å². The van der Waals surface area contributed by atoms with Gasteiger partial charge in [-0.1, -0.05) is 30.3 Å². The summed E-state index contributed by atoms with van der Waals surface area (Å²) in [5, 5.41) is 2.87. The van der Waals surface area contributed by atoms with Crippen molar-refractivity contribution < 1.29 is 9.53 Å². The minimum atomic E-state index is -0.537. The Hall–Kier alpha value is -1.06. The van der Waals surface area contributed by atoms with E-state index in [1.165, 1.54) is 0 Å². The number of ether oxygens (including phenoxy) is 1. The third kappa shape index (κ3) is 4.84. The summed E-state index contributed by atoms with van der Waals surface area (Å²) in [6.45, 7) is 4.90. The van der Waals surface area contributed by atoms with Gasteiger partial charge >= 0.3 is 0 Å². The van der Waals surface area contributed by atoms with E-state index in [9.17, 15) is 4.79 Å². The summed E-state index contributed by atoms with van der Waals surface area (Å²) in [7, 11) is 1.62. The molecule has 0 aliphatic rings. The zero-order valence-electron chi connectivity index (χ0n) is 11.8. The highest BCUT2D eigenvalue weighted by Crippen LogP contribution is 2.22. The van der Waals surface area contributed by atoms with Crippen LogP contribution in [0, 0.1) is 0 Å². The lowest BCUT2D eigenvalue weighted by atomic mass is 9.84. The van der Waals surface area contributed by atoms with Crippen LogP contribution in [0.2, 0.25) is 0 Å². The van der Waals surface area contributed by atoms with E-state index in [0.717, 1.165) is 5.56 Å². The zero-order chi connectivity index (χ0) is 14.3. The first-order chi connectivity index (χ1) is 8.98. The predicted molar refractivity (Wildman–Crippen MR) is 78.6 cm³/mol. The number of carbonyl (C=O) groups excluding carboxylic acids is 1. The third-order valence-corrected chi connectivity index (χ3v) is 3.50. The number of carbonyl (C=O) groups is 1. The molecular formula is C15H22ClNO2. The molecule has 1 amide bonds. The fraction of sp³-hybridized carbons (Fsp3) is 0.533. The van der Waals surface area contributed by atoms with Gasteiger partial charge in [-0.25, -0.2) is 0 Å². The number of hydrogen-bond acceptors (Lipinski definition) is 2. The van der Waals surface area contributed by atoms with Crippen molar-refractivity contribution in [1.29, 1.82) is 0 Å². The molecule has 0 aromatic heterocycles. The van der Waals surface area contributed by atoms with E-state index in [-0.39, 0.29) is 11.3 Å². The van der Waals surface area contributed by atoms with Crippen molar-refractivity contribution >= 4 is 17.5 Å². The van der Waals surface area contributed by atoms with Gasteiger partial charge in [0, 0.05) is 13.7 Å². The molecule has 19 heavy (non-hydrogen) atoms. The summed E-state index contributed by atoms with van der Waals surface area (Å²) in [4.78, 5) is 12.2. The second-order valence-corrected chi connectivity index (χ2v) is 5.71. The summed E-state index contributed by atoms with van der Waals surface area (Å²) >= 11 is 6.02. The lowest BCUT2D eigenvalue weighted by Gasteiger charge is -2.24. The van der Waals surface area contributed by atoms with Crippen molar-refractivity contribution in [2.24, 2.45) is 0 Å². The largest absolute Gasteiger partial charge is 0.383 e. The van der Waals surface area contributed by atoms with Crippen molar-refractivity contribution in [3.63, 3.8) is 0 Å². The Kier molecular flexibility index (Phi) is 6.32. The highest BCUT2D eigenvalue weighted by atomic mass is 35.5. The Morgan fingerprint density at radius 1 is 1.37 bits per heavy atom. The summed E-state index contributed by atoms with van der Waals surface area (Å²) < 4.78 is 4.95. The number of amides is 1. The second kappa shape index (κ2) is 7.51. The Morgan fingerprint density at radius 3 is 2.58 bits per heavy atom. The molecular weight excluding hydrogens is 262 g/mol. The number of benzene rings is 1. The molecule has 0 heterocycles. The molecule has 1 aromatic carbocycles. The molecule has 1 unspecified atom stereocenters. The van der Waals surface area contributed by atoms with Gasteiger partial charge in [0.1, 0.15) is 0 Å². The van der Waals surface area contributed by atoms with Crippen molar-refractivity contribution in [2.45, 2.75) is 31.1 Å². The van der Waals surface area contributed by atoms with Crippen molar-refractivity contribution in [3.05, 3.63) is 35.9 Å². The smallest absolute Gasteiger partial charge is 0.230 e. The molecule has 1 rings (SSSR count). The maximum Gasteiger partial charge on any atom is 0.230 e. The molecule has 0 saturated carbocycles. The van der Waals surface area contributed by atoms with Crippen LogP contribution in [-0.4, -0.2) is 31.5 Å². The molecule has 3 nitrogen and oxygen atoms in total. The summed E-state index contributed by atoms with van der Waals surface area (Å²) in [6.07, 6.45) is 0.700. The van der Waals surface area contributed by atoms with E-state index < -0.39 is 5.41 Å². The molecule has 0 spiro atoms. The van der Waals surface area contributed by atoms with Gasteiger partial charge < -0.3 is 10.1 Å². The minimum absolute atomic E-state index is 0.0139. The van der Waals surface area contributed by atoms with E-state index in [1.54, 1.807) is 7.11 Å². The maximum atomic E-state index is 12.2. The fourth-order valence-electron chi connectivity index (χ4n) is 1.81. The average molecular weight is 284 g/mol. The summed E-state index contributed by atoms with van der Waals surface area (Å²) in [5.74, 6) is 0.0139. The number of alkyl halides is 1. The zero-order valence-corrected chi connectivity index (χ0v) is 12.5. The van der Waals surface area contributed by atoms with Crippen LogP contribution < -0.4 is 5.32 Å². The number of hydrogen-bond donors (Lipinski definition) is 1. The van der Waals surface area contributed by atoms with E-state index in [2.05, 4.69) is 5.32 Å². The molecule has 1 N–H and O–H groups in total. The van der Waals surface area contributed by atoms with Crippen LogP contribution in [0.4, 0.5) is 0 Å². The van der Waals surface area contributed by atoms with Gasteiger partial charge in [-0.3, -0.25) is 4.79 Å². The van der Waals surface area contributed by atoms with Crippen LogP contribution in [0.5, 0.6) is 0 Å². The van der Waals surface area contributed by atoms with Crippen molar-refractivity contribution in [3.8, 4) is 0 Å². The van der Waals surface area contributed by atoms with E-state index >= 15 is 0 Å². The molecule has 0 radical (unpaired) electrons. The quantitative estimate of drug-likeness (QED) is 0.782. The van der Waals surface area contributed by atoms with Crippen LogP contribution >= 0.6 is 11.6 Å². The minimum Gasteiger partial charge on any atom is -0.383 e. The lowest BCUT2D eigenvalue weighted by Crippen LogP contribution is -2.41. The topological polar surface area (TPSA) is 38.3 Å². The van der Waals surface area contributed by atoms with Crippen molar-refractivity contribution in [1.82, 2.24) is 5.32 Å². The first-order valence-corrected chi connectivity index (χ1v) is 6.89. The Labute approximate surface area is 120 Å². The van der Waals surface area contributed by atoms with Crippen molar-refractivity contribution in [2.75, 3.05) is 20.3 Å². The van der Waals surface area contributed by atoms with Crippen LogP contribution in [0.3, 0.4) is 0 Å². The monoisotopic (exact) mass is 283 g/mol. The molecule has 0 aliphatic carbocycles. The molecule has 0 bridgehead atoms. The molecule has 0 saturated heterocycles.